The third kappa shape index (κ3) is 4.94. The largest absolute Gasteiger partial charge is 0.419 e. The number of halogens is 4. The summed E-state index contributed by atoms with van der Waals surface area (Å²) in [5, 5.41) is 5.58. The van der Waals surface area contributed by atoms with E-state index < -0.39 is 29.1 Å². The summed E-state index contributed by atoms with van der Waals surface area (Å²) in [6, 6.07) is 4.68. The van der Waals surface area contributed by atoms with E-state index in [4.69, 9.17) is 11.6 Å². The minimum atomic E-state index is -4.80. The van der Waals surface area contributed by atoms with Gasteiger partial charge in [0.15, 0.2) is 0 Å². The fourth-order valence-electron chi connectivity index (χ4n) is 4.38. The van der Waals surface area contributed by atoms with E-state index in [0.717, 1.165) is 32.0 Å². The van der Waals surface area contributed by atoms with E-state index in [0.29, 0.717) is 22.8 Å². The number of aromatic amines is 1. The number of carbonyl (C=O) groups excluding carboxylic acids is 2. The van der Waals surface area contributed by atoms with Crippen LogP contribution in [-0.2, 0) is 11.0 Å². The van der Waals surface area contributed by atoms with Crippen LogP contribution >= 0.6 is 11.6 Å². The van der Waals surface area contributed by atoms with Crippen LogP contribution in [0.2, 0.25) is 5.02 Å². The van der Waals surface area contributed by atoms with Crippen molar-refractivity contribution >= 4 is 40.8 Å². The predicted molar refractivity (Wildman–Crippen MR) is 121 cm³/mol. The van der Waals surface area contributed by atoms with Gasteiger partial charge in [-0.3, -0.25) is 9.59 Å². The van der Waals surface area contributed by atoms with Gasteiger partial charge in [-0.25, -0.2) is 0 Å². The number of anilines is 1. The monoisotopic (exact) mass is 480 g/mol. The average Bonchev–Trinajstić information content (AvgIpc) is 3.25. The summed E-state index contributed by atoms with van der Waals surface area (Å²) in [6.07, 6.45) is -0.333. The van der Waals surface area contributed by atoms with Crippen LogP contribution in [-0.4, -0.2) is 47.9 Å². The van der Waals surface area contributed by atoms with E-state index >= 15 is 0 Å². The Labute approximate surface area is 194 Å². The highest BCUT2D eigenvalue weighted by Crippen LogP contribution is 2.40. The number of alkyl halides is 3. The van der Waals surface area contributed by atoms with Gasteiger partial charge in [-0.1, -0.05) is 18.0 Å². The highest BCUT2D eigenvalue weighted by atomic mass is 35.5. The van der Waals surface area contributed by atoms with Gasteiger partial charge in [-0.15, -0.1) is 0 Å². The van der Waals surface area contributed by atoms with Gasteiger partial charge in [0.05, 0.1) is 22.4 Å². The first-order chi connectivity index (χ1) is 15.6. The second-order valence-corrected chi connectivity index (χ2v) is 8.71. The van der Waals surface area contributed by atoms with Crippen LogP contribution in [0.25, 0.3) is 11.6 Å². The Morgan fingerprint density at radius 2 is 1.97 bits per heavy atom. The quantitative estimate of drug-likeness (QED) is 0.543. The predicted octanol–water partition coefficient (Wildman–Crippen LogP) is 4.70. The molecule has 3 heterocycles. The lowest BCUT2D eigenvalue weighted by Gasteiger charge is -2.26. The average molecular weight is 481 g/mol. The molecule has 2 aliphatic rings. The van der Waals surface area contributed by atoms with Crippen molar-refractivity contribution in [1.29, 1.82) is 0 Å². The summed E-state index contributed by atoms with van der Waals surface area (Å²) in [7, 11) is 0. The number of aryl methyl sites for hydroxylation is 1. The van der Waals surface area contributed by atoms with Crippen molar-refractivity contribution < 1.29 is 22.8 Å². The number of rotatable bonds is 5. The Morgan fingerprint density at radius 3 is 2.67 bits per heavy atom. The Balaban J connectivity index is 1.64. The van der Waals surface area contributed by atoms with Crippen molar-refractivity contribution in [3.05, 3.63) is 51.3 Å². The molecule has 1 fully saturated rings. The first kappa shape index (κ1) is 23.4. The summed E-state index contributed by atoms with van der Waals surface area (Å²) >= 11 is 6.01. The van der Waals surface area contributed by atoms with Gasteiger partial charge in [0.25, 0.3) is 11.8 Å². The lowest BCUT2D eigenvalue weighted by atomic mass is 10.0. The number of nitrogens with zero attached hydrogens (tertiary/aromatic N) is 1. The molecule has 176 valence electrons. The minimum Gasteiger partial charge on any atom is -0.358 e. The van der Waals surface area contributed by atoms with Crippen molar-refractivity contribution in [3.63, 3.8) is 0 Å². The lowest BCUT2D eigenvalue weighted by molar-refractivity contribution is -0.138. The normalized spacial score (nSPS) is 17.8. The van der Waals surface area contributed by atoms with Gasteiger partial charge in [0.2, 0.25) is 0 Å². The van der Waals surface area contributed by atoms with Crippen molar-refractivity contribution in [2.75, 3.05) is 31.5 Å². The summed E-state index contributed by atoms with van der Waals surface area (Å²) in [5.41, 5.74) is -0.919. The SMILES string of the molecule is Cc1[nH]c(/C=C2\C(=O)Nc3ccc(Cl)cc32)c(C(F)(F)F)c1C(=O)NCCN1CCCCC1. The Hall–Kier alpha value is -2.78. The summed E-state index contributed by atoms with van der Waals surface area (Å²) in [4.78, 5) is 30.0. The number of hydrogen-bond donors (Lipinski definition) is 3. The van der Waals surface area contributed by atoms with Crippen molar-refractivity contribution in [3.8, 4) is 0 Å². The molecule has 0 atom stereocenters. The molecule has 33 heavy (non-hydrogen) atoms. The highest BCUT2D eigenvalue weighted by molar-refractivity contribution is 6.36. The molecule has 4 rings (SSSR count). The van der Waals surface area contributed by atoms with Crippen LogP contribution in [0.15, 0.2) is 18.2 Å². The van der Waals surface area contributed by atoms with Gasteiger partial charge in [-0.2, -0.15) is 13.2 Å². The molecule has 0 saturated carbocycles. The summed E-state index contributed by atoms with van der Waals surface area (Å²) in [5.74, 6) is -1.34. The molecule has 0 radical (unpaired) electrons. The molecule has 0 bridgehead atoms. The van der Waals surface area contributed by atoms with Crippen LogP contribution in [0.1, 0.15) is 52.1 Å². The molecule has 2 aromatic rings. The first-order valence-electron chi connectivity index (χ1n) is 10.8. The molecular weight excluding hydrogens is 457 g/mol. The molecule has 0 unspecified atom stereocenters. The van der Waals surface area contributed by atoms with E-state index in [2.05, 4.69) is 20.5 Å². The standard InChI is InChI=1S/C23H24ClF3N4O2/c1-13-19(22(33)28-7-10-31-8-3-2-4-9-31)20(23(25,26)27)18(29-13)12-16-15-11-14(24)5-6-17(15)30-21(16)32/h5-6,11-12,29H,2-4,7-10H2,1H3,(H,28,33)(H,30,32)/b16-12-. The lowest BCUT2D eigenvalue weighted by Crippen LogP contribution is -2.38. The maximum absolute atomic E-state index is 14.1. The van der Waals surface area contributed by atoms with Crippen LogP contribution in [0.4, 0.5) is 18.9 Å². The van der Waals surface area contributed by atoms with Gasteiger partial charge < -0.3 is 20.5 Å². The third-order valence-corrected chi connectivity index (χ3v) is 6.18. The van der Waals surface area contributed by atoms with E-state index in [1.165, 1.54) is 19.4 Å². The summed E-state index contributed by atoms with van der Waals surface area (Å²) < 4.78 is 42.2. The number of H-pyrrole nitrogens is 1. The number of aromatic nitrogens is 1. The molecule has 3 N–H and O–H groups in total. The number of nitrogens with one attached hydrogen (secondary N) is 3. The smallest absolute Gasteiger partial charge is 0.358 e. The number of carbonyl (C=O) groups is 2. The second kappa shape index (κ2) is 9.23. The maximum atomic E-state index is 14.1. The molecule has 0 aliphatic carbocycles. The highest BCUT2D eigenvalue weighted by Gasteiger charge is 2.41. The second-order valence-electron chi connectivity index (χ2n) is 8.27. The fourth-order valence-corrected chi connectivity index (χ4v) is 4.55. The zero-order valence-corrected chi connectivity index (χ0v) is 18.8. The van der Waals surface area contributed by atoms with E-state index in [1.807, 2.05) is 0 Å². The number of amides is 2. The first-order valence-corrected chi connectivity index (χ1v) is 11.2. The van der Waals surface area contributed by atoms with Crippen LogP contribution in [0, 0.1) is 6.92 Å². The Kier molecular flexibility index (Phi) is 6.54. The molecule has 0 spiro atoms. The Bertz CT molecular complexity index is 1120. The van der Waals surface area contributed by atoms with Crippen molar-refractivity contribution in [1.82, 2.24) is 15.2 Å². The van der Waals surface area contributed by atoms with Gasteiger partial charge in [0, 0.05) is 35.1 Å². The number of piperidine rings is 1. The van der Waals surface area contributed by atoms with E-state index in [1.54, 1.807) is 12.1 Å². The topological polar surface area (TPSA) is 77.2 Å². The van der Waals surface area contributed by atoms with Crippen LogP contribution < -0.4 is 10.6 Å². The zero-order chi connectivity index (χ0) is 23.8. The number of hydrogen-bond acceptors (Lipinski definition) is 3. The fraction of sp³-hybridized carbons (Fsp3) is 0.391. The summed E-state index contributed by atoms with van der Waals surface area (Å²) in [6.45, 7) is 4.11. The van der Waals surface area contributed by atoms with Crippen molar-refractivity contribution in [2.45, 2.75) is 32.4 Å². The van der Waals surface area contributed by atoms with Gasteiger partial charge in [0.1, 0.15) is 0 Å². The molecule has 2 amide bonds. The third-order valence-electron chi connectivity index (χ3n) is 5.94. The molecule has 10 heteroatoms. The number of fused-ring (bicyclic) bond motifs is 1. The Morgan fingerprint density at radius 1 is 1.24 bits per heavy atom. The molecular formula is C23H24ClF3N4O2. The molecule has 1 saturated heterocycles. The molecule has 2 aliphatic heterocycles. The number of benzene rings is 1. The van der Waals surface area contributed by atoms with Gasteiger partial charge >= 0.3 is 6.18 Å². The zero-order valence-electron chi connectivity index (χ0n) is 18.0. The van der Waals surface area contributed by atoms with Crippen LogP contribution in [0.3, 0.4) is 0 Å². The van der Waals surface area contributed by atoms with Crippen molar-refractivity contribution in [2.24, 2.45) is 0 Å². The van der Waals surface area contributed by atoms with E-state index in [9.17, 15) is 22.8 Å². The molecule has 1 aromatic carbocycles. The van der Waals surface area contributed by atoms with E-state index in [-0.39, 0.29) is 23.5 Å². The number of likely N-dealkylation sites (tertiary alicyclic amines) is 1. The van der Waals surface area contributed by atoms with Gasteiger partial charge in [-0.05, 0) is 57.1 Å². The maximum Gasteiger partial charge on any atom is 0.419 e. The molecule has 1 aromatic heterocycles. The molecule has 6 nitrogen and oxygen atoms in total. The van der Waals surface area contributed by atoms with Crippen LogP contribution in [0.5, 0.6) is 0 Å². The minimum absolute atomic E-state index is 0.0382.